The van der Waals surface area contributed by atoms with Crippen molar-refractivity contribution in [3.05, 3.63) is 52.3 Å². The van der Waals surface area contributed by atoms with Gasteiger partial charge in [0, 0.05) is 23.9 Å². The molecule has 28 heavy (non-hydrogen) atoms. The summed E-state index contributed by atoms with van der Waals surface area (Å²) in [5.41, 5.74) is 2.18. The summed E-state index contributed by atoms with van der Waals surface area (Å²) in [7, 11) is 3.10. The number of amides is 1. The van der Waals surface area contributed by atoms with Crippen molar-refractivity contribution in [2.75, 3.05) is 20.8 Å². The van der Waals surface area contributed by atoms with E-state index in [1.165, 1.54) is 12.0 Å². The third-order valence-corrected chi connectivity index (χ3v) is 4.76. The number of carbonyl (C=O) groups excluding carboxylic acids is 3. The number of aromatic amines is 1. The Morgan fingerprint density at radius 1 is 1.21 bits per heavy atom. The molecule has 0 aliphatic rings. The van der Waals surface area contributed by atoms with Gasteiger partial charge in [0.25, 0.3) is 5.91 Å². The number of likely N-dealkylation sites (N-methyl/N-ethyl adjacent to an activating group) is 1. The van der Waals surface area contributed by atoms with Crippen LogP contribution in [0.4, 0.5) is 0 Å². The molecule has 0 aliphatic heterocycles. The second-order valence-electron chi connectivity index (χ2n) is 6.53. The van der Waals surface area contributed by atoms with Gasteiger partial charge in [-0.25, -0.2) is 4.79 Å². The second-order valence-corrected chi connectivity index (χ2v) is 6.53. The molecule has 1 amide bonds. The maximum atomic E-state index is 13.1. The van der Waals surface area contributed by atoms with Crippen LogP contribution in [0.15, 0.2) is 24.3 Å². The molecule has 0 spiro atoms. The number of Topliss-reactive ketones (excluding diaryl/α,β-unsaturated/α-hetero) is 1. The van der Waals surface area contributed by atoms with Gasteiger partial charge in [-0.15, -0.1) is 0 Å². The molecule has 0 saturated heterocycles. The Labute approximate surface area is 164 Å². The molecular weight excluding hydrogens is 360 g/mol. The normalized spacial score (nSPS) is 11.6. The molecule has 1 unspecified atom stereocenters. The number of benzene rings is 1. The number of methoxy groups -OCH3 is 1. The number of H-pyrrole nitrogens is 1. The number of rotatable bonds is 7. The molecule has 1 atom stereocenters. The van der Waals surface area contributed by atoms with Gasteiger partial charge in [0.1, 0.15) is 11.4 Å². The number of nitrogens with zero attached hydrogens (tertiary/aromatic N) is 1. The molecule has 1 heterocycles. The summed E-state index contributed by atoms with van der Waals surface area (Å²) in [5.74, 6) is -0.484. The molecule has 1 N–H and O–H groups in total. The highest BCUT2D eigenvalue weighted by atomic mass is 16.5. The molecule has 1 aromatic heterocycles. The van der Waals surface area contributed by atoms with Gasteiger partial charge in [-0.2, -0.15) is 0 Å². The van der Waals surface area contributed by atoms with Crippen molar-refractivity contribution < 1.29 is 23.9 Å². The standard InChI is InChI=1S/C21H26N2O5/c1-7-28-21(26)18-12(2)17(13(3)22-18)19(24)14(4)23(5)20(25)15-9-8-10-16(11-15)27-6/h8-11,14,22H,7H2,1-6H3. The molecule has 150 valence electrons. The molecular formula is C21H26N2O5. The number of ether oxygens (including phenoxy) is 2. The zero-order valence-corrected chi connectivity index (χ0v) is 17.1. The zero-order chi connectivity index (χ0) is 21.0. The predicted octanol–water partition coefficient (Wildman–Crippen LogP) is 3.16. The number of hydrogen-bond acceptors (Lipinski definition) is 5. The van der Waals surface area contributed by atoms with Crippen LogP contribution in [0, 0.1) is 13.8 Å². The number of carbonyl (C=O) groups is 3. The van der Waals surface area contributed by atoms with E-state index >= 15 is 0 Å². The van der Waals surface area contributed by atoms with E-state index in [9.17, 15) is 14.4 Å². The van der Waals surface area contributed by atoms with Gasteiger partial charge in [-0.05, 0) is 51.5 Å². The lowest BCUT2D eigenvalue weighted by Crippen LogP contribution is -2.40. The summed E-state index contributed by atoms with van der Waals surface area (Å²) in [6.07, 6.45) is 0. The molecule has 7 nitrogen and oxygen atoms in total. The third kappa shape index (κ3) is 4.08. The largest absolute Gasteiger partial charge is 0.497 e. The Morgan fingerprint density at radius 3 is 2.50 bits per heavy atom. The van der Waals surface area contributed by atoms with Gasteiger partial charge < -0.3 is 19.4 Å². The van der Waals surface area contributed by atoms with E-state index in [0.29, 0.717) is 28.1 Å². The van der Waals surface area contributed by atoms with Gasteiger partial charge in [0.15, 0.2) is 5.78 Å². The lowest BCUT2D eigenvalue weighted by molar-refractivity contribution is 0.0519. The van der Waals surface area contributed by atoms with E-state index in [4.69, 9.17) is 9.47 Å². The van der Waals surface area contributed by atoms with E-state index < -0.39 is 12.0 Å². The second kappa shape index (κ2) is 8.73. The van der Waals surface area contributed by atoms with Crippen LogP contribution in [-0.4, -0.2) is 54.3 Å². The molecule has 0 radical (unpaired) electrons. The van der Waals surface area contributed by atoms with Crippen LogP contribution < -0.4 is 4.74 Å². The summed E-state index contributed by atoms with van der Waals surface area (Å²) in [6, 6.07) is 6.04. The highest BCUT2D eigenvalue weighted by molar-refractivity contribution is 6.07. The lowest BCUT2D eigenvalue weighted by atomic mass is 9.99. The first-order valence-electron chi connectivity index (χ1n) is 9.04. The zero-order valence-electron chi connectivity index (χ0n) is 17.1. The fourth-order valence-corrected chi connectivity index (χ4v) is 3.05. The smallest absolute Gasteiger partial charge is 0.355 e. The Balaban J connectivity index is 2.28. The van der Waals surface area contributed by atoms with E-state index in [1.807, 2.05) is 0 Å². The van der Waals surface area contributed by atoms with Gasteiger partial charge in [0.05, 0.1) is 19.8 Å². The van der Waals surface area contributed by atoms with Crippen LogP contribution in [-0.2, 0) is 4.74 Å². The first-order chi connectivity index (χ1) is 13.2. The van der Waals surface area contributed by atoms with E-state index in [2.05, 4.69) is 4.98 Å². The number of hydrogen-bond donors (Lipinski definition) is 1. The maximum Gasteiger partial charge on any atom is 0.355 e. The minimum absolute atomic E-state index is 0.244. The van der Waals surface area contributed by atoms with E-state index in [1.54, 1.807) is 59.0 Å². The SMILES string of the molecule is CCOC(=O)c1[nH]c(C)c(C(=O)C(C)N(C)C(=O)c2cccc(OC)c2)c1C. The number of aryl methyl sites for hydroxylation is 1. The molecule has 2 rings (SSSR count). The molecule has 0 aliphatic carbocycles. The minimum Gasteiger partial charge on any atom is -0.497 e. The first-order valence-corrected chi connectivity index (χ1v) is 9.04. The van der Waals surface area contributed by atoms with Crippen molar-refractivity contribution in [3.63, 3.8) is 0 Å². The van der Waals surface area contributed by atoms with Gasteiger partial charge in [0.2, 0.25) is 0 Å². The Hall–Kier alpha value is -3.09. The number of esters is 1. The van der Waals surface area contributed by atoms with Crippen molar-refractivity contribution in [2.45, 2.75) is 33.7 Å². The summed E-state index contributed by atoms with van der Waals surface area (Å²) in [5, 5.41) is 0. The highest BCUT2D eigenvalue weighted by Gasteiger charge is 2.30. The van der Waals surface area contributed by atoms with Crippen molar-refractivity contribution in [1.82, 2.24) is 9.88 Å². The quantitative estimate of drug-likeness (QED) is 0.583. The van der Waals surface area contributed by atoms with Crippen LogP contribution in [0.25, 0.3) is 0 Å². The maximum absolute atomic E-state index is 13.1. The van der Waals surface area contributed by atoms with Crippen molar-refractivity contribution in [2.24, 2.45) is 0 Å². The molecule has 2 aromatic rings. The summed E-state index contributed by atoms with van der Waals surface area (Å²) in [4.78, 5) is 42.3. The van der Waals surface area contributed by atoms with Crippen LogP contribution >= 0.6 is 0 Å². The van der Waals surface area contributed by atoms with Gasteiger partial charge in [-0.3, -0.25) is 9.59 Å². The summed E-state index contributed by atoms with van der Waals surface area (Å²) in [6.45, 7) is 7.04. The van der Waals surface area contributed by atoms with Crippen molar-refractivity contribution >= 4 is 17.7 Å². The minimum atomic E-state index is -0.720. The number of aromatic nitrogens is 1. The van der Waals surface area contributed by atoms with Crippen LogP contribution in [0.2, 0.25) is 0 Å². The van der Waals surface area contributed by atoms with Crippen LogP contribution in [0.3, 0.4) is 0 Å². The molecule has 7 heteroatoms. The predicted molar refractivity (Wildman–Crippen MR) is 105 cm³/mol. The summed E-state index contributed by atoms with van der Waals surface area (Å²) < 4.78 is 10.2. The Bertz CT molecular complexity index is 900. The monoisotopic (exact) mass is 386 g/mol. The van der Waals surface area contributed by atoms with Gasteiger partial charge >= 0.3 is 5.97 Å². The topological polar surface area (TPSA) is 88.7 Å². The number of ketones is 1. The average Bonchev–Trinajstić information content (AvgIpc) is 3.00. The van der Waals surface area contributed by atoms with Crippen LogP contribution in [0.1, 0.15) is 56.3 Å². The van der Waals surface area contributed by atoms with Crippen molar-refractivity contribution in [1.29, 1.82) is 0 Å². The Kier molecular flexibility index (Phi) is 6.62. The average molecular weight is 386 g/mol. The fraction of sp³-hybridized carbons (Fsp3) is 0.381. The number of nitrogens with one attached hydrogen (secondary N) is 1. The molecule has 0 bridgehead atoms. The molecule has 0 fully saturated rings. The van der Waals surface area contributed by atoms with Gasteiger partial charge in [-0.1, -0.05) is 6.07 Å². The molecule has 0 saturated carbocycles. The van der Waals surface area contributed by atoms with Crippen LogP contribution in [0.5, 0.6) is 5.75 Å². The fourth-order valence-electron chi connectivity index (χ4n) is 3.05. The highest BCUT2D eigenvalue weighted by Crippen LogP contribution is 2.23. The first kappa shape index (κ1) is 21.2. The Morgan fingerprint density at radius 2 is 1.89 bits per heavy atom. The molecule has 1 aromatic carbocycles. The van der Waals surface area contributed by atoms with E-state index in [-0.39, 0.29) is 24.0 Å². The third-order valence-electron chi connectivity index (χ3n) is 4.76. The summed E-state index contributed by atoms with van der Waals surface area (Å²) >= 11 is 0. The van der Waals surface area contributed by atoms with Crippen molar-refractivity contribution in [3.8, 4) is 5.75 Å². The van der Waals surface area contributed by atoms with E-state index in [0.717, 1.165) is 0 Å². The lowest BCUT2D eigenvalue weighted by Gasteiger charge is -2.24.